The van der Waals surface area contributed by atoms with Gasteiger partial charge in [-0.3, -0.25) is 0 Å². The van der Waals surface area contributed by atoms with Gasteiger partial charge in [0.1, 0.15) is 5.75 Å². The Balaban J connectivity index is 2.18. The molecule has 0 aromatic heterocycles. The van der Waals surface area contributed by atoms with Gasteiger partial charge in [0.05, 0.1) is 0 Å². The molecule has 0 amide bonds. The molecule has 0 unspecified atom stereocenters. The molecular weight excluding hydrogens is 238 g/mol. The van der Waals surface area contributed by atoms with E-state index >= 15 is 0 Å². The molecule has 0 atom stereocenters. The number of halogens is 1. The van der Waals surface area contributed by atoms with Gasteiger partial charge in [0.2, 0.25) is 0 Å². The number of phenolic OH excluding ortho intramolecular Hbond substituents is 1. The van der Waals surface area contributed by atoms with Gasteiger partial charge >= 0.3 is 0 Å². The number of aromatic hydroxyl groups is 1. The molecule has 0 aliphatic rings. The first kappa shape index (κ1) is 14.3. The van der Waals surface area contributed by atoms with Crippen LogP contribution in [0, 0.1) is 0 Å². The smallest absolute Gasteiger partial charge is 0.121 e. The molecule has 1 aromatic carbocycles. The Morgan fingerprint density at radius 1 is 1.29 bits per heavy atom. The summed E-state index contributed by atoms with van der Waals surface area (Å²) >= 11 is 5.99. The molecule has 1 aromatic rings. The lowest BCUT2D eigenvalue weighted by molar-refractivity contribution is 0.192. The van der Waals surface area contributed by atoms with Crippen molar-refractivity contribution in [3.05, 3.63) is 28.8 Å². The van der Waals surface area contributed by atoms with Gasteiger partial charge in [-0.15, -0.1) is 0 Å². The van der Waals surface area contributed by atoms with Gasteiger partial charge in [-0.2, -0.15) is 0 Å². The predicted octanol–water partition coefficient (Wildman–Crippen LogP) is 2.95. The highest BCUT2D eigenvalue weighted by atomic mass is 35.5. The van der Waals surface area contributed by atoms with Crippen molar-refractivity contribution in [3.63, 3.8) is 0 Å². The zero-order valence-electron chi connectivity index (χ0n) is 10.2. The minimum atomic E-state index is 0.254. The Morgan fingerprint density at radius 3 is 2.82 bits per heavy atom. The third-order valence-corrected chi connectivity index (χ3v) is 2.95. The van der Waals surface area contributed by atoms with E-state index in [1.807, 2.05) is 0 Å². The van der Waals surface area contributed by atoms with Gasteiger partial charge in [-0.25, -0.2) is 0 Å². The second kappa shape index (κ2) is 8.34. The molecular formula is C13H20ClNO2. The van der Waals surface area contributed by atoms with Crippen molar-refractivity contribution in [2.75, 3.05) is 20.3 Å². The first-order valence-corrected chi connectivity index (χ1v) is 6.29. The summed E-state index contributed by atoms with van der Waals surface area (Å²) in [4.78, 5) is 0. The molecule has 96 valence electrons. The molecule has 2 N–H and O–H groups in total. The highest BCUT2D eigenvalue weighted by molar-refractivity contribution is 6.31. The van der Waals surface area contributed by atoms with E-state index < -0.39 is 0 Å². The van der Waals surface area contributed by atoms with Crippen LogP contribution >= 0.6 is 11.6 Å². The van der Waals surface area contributed by atoms with Crippen LogP contribution in [0.4, 0.5) is 0 Å². The Morgan fingerprint density at radius 2 is 2.12 bits per heavy atom. The molecule has 0 spiro atoms. The number of unbranched alkanes of at least 4 members (excludes halogenated alkanes) is 2. The van der Waals surface area contributed by atoms with Crippen molar-refractivity contribution in [2.45, 2.75) is 25.8 Å². The van der Waals surface area contributed by atoms with Crippen molar-refractivity contribution in [1.29, 1.82) is 0 Å². The fourth-order valence-corrected chi connectivity index (χ4v) is 1.85. The van der Waals surface area contributed by atoms with E-state index in [0.717, 1.165) is 38.0 Å². The predicted molar refractivity (Wildman–Crippen MR) is 70.6 cm³/mol. The van der Waals surface area contributed by atoms with Gasteiger partial charge in [-0.05, 0) is 37.9 Å². The Kier molecular flexibility index (Phi) is 7.01. The Bertz CT molecular complexity index is 311. The third-order valence-electron chi connectivity index (χ3n) is 2.60. The summed E-state index contributed by atoms with van der Waals surface area (Å²) in [5, 5.41) is 13.5. The third kappa shape index (κ3) is 5.39. The standard InChI is InChI=1S/C13H20ClNO2/c1-17-9-4-2-3-8-15-10-11-12(14)6-5-7-13(11)16/h5-7,15-16H,2-4,8-10H2,1H3. The van der Waals surface area contributed by atoms with Crippen molar-refractivity contribution in [3.8, 4) is 5.75 Å². The van der Waals surface area contributed by atoms with Crippen LogP contribution in [0.1, 0.15) is 24.8 Å². The Labute approximate surface area is 108 Å². The number of ether oxygens (including phenoxy) is 1. The molecule has 0 fully saturated rings. The van der Waals surface area contributed by atoms with E-state index in [4.69, 9.17) is 16.3 Å². The van der Waals surface area contributed by atoms with E-state index in [-0.39, 0.29) is 5.75 Å². The van der Waals surface area contributed by atoms with Crippen LogP contribution in [0.5, 0.6) is 5.75 Å². The molecule has 0 bridgehead atoms. The number of hydrogen-bond donors (Lipinski definition) is 2. The zero-order chi connectivity index (χ0) is 12.5. The number of rotatable bonds is 8. The molecule has 0 aliphatic heterocycles. The maximum absolute atomic E-state index is 9.62. The SMILES string of the molecule is COCCCCCNCc1c(O)cccc1Cl. The quantitative estimate of drug-likeness (QED) is 0.704. The number of phenols is 1. The monoisotopic (exact) mass is 257 g/mol. The van der Waals surface area contributed by atoms with Gasteiger partial charge in [0.25, 0.3) is 0 Å². The van der Waals surface area contributed by atoms with Gasteiger partial charge in [-0.1, -0.05) is 17.7 Å². The number of methoxy groups -OCH3 is 1. The average molecular weight is 258 g/mol. The van der Waals surface area contributed by atoms with E-state index in [0.29, 0.717) is 11.6 Å². The largest absolute Gasteiger partial charge is 0.508 e. The van der Waals surface area contributed by atoms with Crippen LogP contribution in [-0.4, -0.2) is 25.4 Å². The van der Waals surface area contributed by atoms with Crippen LogP contribution in [0.15, 0.2) is 18.2 Å². The molecule has 4 heteroatoms. The van der Waals surface area contributed by atoms with Crippen LogP contribution in [0.25, 0.3) is 0 Å². The maximum Gasteiger partial charge on any atom is 0.121 e. The second-order valence-electron chi connectivity index (χ2n) is 3.97. The van der Waals surface area contributed by atoms with E-state index in [9.17, 15) is 5.11 Å². The van der Waals surface area contributed by atoms with E-state index in [1.54, 1.807) is 25.3 Å². The van der Waals surface area contributed by atoms with Crippen LogP contribution < -0.4 is 5.32 Å². The first-order chi connectivity index (χ1) is 8.25. The zero-order valence-corrected chi connectivity index (χ0v) is 11.0. The van der Waals surface area contributed by atoms with Crippen molar-refractivity contribution in [2.24, 2.45) is 0 Å². The molecule has 0 saturated heterocycles. The molecule has 0 heterocycles. The fourth-order valence-electron chi connectivity index (χ4n) is 1.61. The van der Waals surface area contributed by atoms with Crippen molar-refractivity contribution in [1.82, 2.24) is 5.32 Å². The van der Waals surface area contributed by atoms with Crippen molar-refractivity contribution >= 4 is 11.6 Å². The fraction of sp³-hybridized carbons (Fsp3) is 0.538. The number of nitrogens with one attached hydrogen (secondary N) is 1. The lowest BCUT2D eigenvalue weighted by Crippen LogP contribution is -2.15. The summed E-state index contributed by atoms with van der Waals surface area (Å²) in [5.41, 5.74) is 0.769. The van der Waals surface area contributed by atoms with Crippen LogP contribution in [0.3, 0.4) is 0 Å². The molecule has 3 nitrogen and oxygen atoms in total. The maximum atomic E-state index is 9.62. The summed E-state index contributed by atoms with van der Waals surface area (Å²) in [6.45, 7) is 2.36. The molecule has 0 aliphatic carbocycles. The van der Waals surface area contributed by atoms with Gasteiger partial charge in [0.15, 0.2) is 0 Å². The Hall–Kier alpha value is -0.770. The highest BCUT2D eigenvalue weighted by Gasteiger charge is 2.04. The summed E-state index contributed by atoms with van der Waals surface area (Å²) < 4.78 is 4.98. The lowest BCUT2D eigenvalue weighted by atomic mass is 10.2. The highest BCUT2D eigenvalue weighted by Crippen LogP contribution is 2.24. The average Bonchev–Trinajstić information content (AvgIpc) is 2.31. The summed E-state index contributed by atoms with van der Waals surface area (Å²) in [6.07, 6.45) is 3.35. The first-order valence-electron chi connectivity index (χ1n) is 5.91. The van der Waals surface area contributed by atoms with E-state index in [2.05, 4.69) is 5.32 Å². The normalized spacial score (nSPS) is 10.7. The summed E-state index contributed by atoms with van der Waals surface area (Å²) in [5.74, 6) is 0.254. The summed E-state index contributed by atoms with van der Waals surface area (Å²) in [6, 6.07) is 5.18. The van der Waals surface area contributed by atoms with Gasteiger partial charge in [0, 0.05) is 30.8 Å². The minimum absolute atomic E-state index is 0.254. The minimum Gasteiger partial charge on any atom is -0.508 e. The molecule has 17 heavy (non-hydrogen) atoms. The topological polar surface area (TPSA) is 41.5 Å². The van der Waals surface area contributed by atoms with E-state index in [1.165, 1.54) is 0 Å². The lowest BCUT2D eigenvalue weighted by Gasteiger charge is -2.08. The molecule has 1 rings (SSSR count). The summed E-state index contributed by atoms with van der Waals surface area (Å²) in [7, 11) is 1.72. The number of hydrogen-bond acceptors (Lipinski definition) is 3. The van der Waals surface area contributed by atoms with Crippen LogP contribution in [0.2, 0.25) is 5.02 Å². The van der Waals surface area contributed by atoms with Crippen LogP contribution in [-0.2, 0) is 11.3 Å². The van der Waals surface area contributed by atoms with Gasteiger partial charge < -0.3 is 15.2 Å². The number of benzene rings is 1. The molecule has 0 radical (unpaired) electrons. The van der Waals surface area contributed by atoms with Crippen molar-refractivity contribution < 1.29 is 9.84 Å². The second-order valence-corrected chi connectivity index (χ2v) is 4.37. The molecule has 0 saturated carbocycles.